The van der Waals surface area contributed by atoms with Crippen molar-refractivity contribution in [2.24, 2.45) is 10.9 Å². The van der Waals surface area contributed by atoms with E-state index in [1.165, 1.54) is 38.8 Å². The van der Waals surface area contributed by atoms with Gasteiger partial charge >= 0.3 is 0 Å². The number of rotatable bonds is 8. The maximum Gasteiger partial charge on any atom is 0.243 e. The predicted molar refractivity (Wildman–Crippen MR) is 121 cm³/mol. The minimum atomic E-state index is -0.00682. The smallest absolute Gasteiger partial charge is 0.243 e. The molecule has 1 rings (SSSR count). The van der Waals surface area contributed by atoms with Gasteiger partial charge in [-0.15, -0.1) is 30.6 Å². The Morgan fingerprint density at radius 1 is 1.19 bits per heavy atom. The second kappa shape index (κ2) is 14.3. The fourth-order valence-electron chi connectivity index (χ4n) is 3.05. The van der Waals surface area contributed by atoms with Crippen LogP contribution in [-0.4, -0.2) is 74.5 Å². The van der Waals surface area contributed by atoms with Crippen LogP contribution >= 0.6 is 24.0 Å². The summed E-state index contributed by atoms with van der Waals surface area (Å²) in [7, 11) is 3.49. The van der Waals surface area contributed by atoms with E-state index in [0.29, 0.717) is 24.5 Å². The number of nitrogens with one attached hydrogen (secondary N) is 2. The fourth-order valence-corrected chi connectivity index (χ4v) is 3.05. The Bertz CT molecular complexity index is 432. The molecule has 1 amide bonds. The van der Waals surface area contributed by atoms with Gasteiger partial charge in [-0.05, 0) is 31.8 Å². The van der Waals surface area contributed by atoms with Crippen LogP contribution in [0, 0.1) is 5.92 Å². The molecule has 0 radical (unpaired) electrons. The molecule has 7 heteroatoms. The number of likely N-dealkylation sites (tertiary alicyclic amines) is 1. The van der Waals surface area contributed by atoms with Crippen LogP contribution in [0.4, 0.5) is 0 Å². The Balaban J connectivity index is 0.00000625. The number of hydrogen-bond donors (Lipinski definition) is 2. The van der Waals surface area contributed by atoms with E-state index in [9.17, 15) is 4.79 Å². The van der Waals surface area contributed by atoms with Crippen molar-refractivity contribution in [3.8, 4) is 0 Å². The molecule has 1 unspecified atom stereocenters. The highest BCUT2D eigenvalue weighted by atomic mass is 127. The summed E-state index contributed by atoms with van der Waals surface area (Å²) in [5.74, 6) is 1.23. The van der Waals surface area contributed by atoms with Crippen LogP contribution in [-0.2, 0) is 4.79 Å². The lowest BCUT2D eigenvalue weighted by Gasteiger charge is -2.34. The Morgan fingerprint density at radius 2 is 1.81 bits per heavy atom. The zero-order valence-corrected chi connectivity index (χ0v) is 19.3. The maximum absolute atomic E-state index is 11.8. The van der Waals surface area contributed by atoms with Crippen LogP contribution < -0.4 is 10.6 Å². The largest absolute Gasteiger partial charge is 0.355 e. The number of amides is 1. The van der Waals surface area contributed by atoms with E-state index in [1.807, 2.05) is 0 Å². The summed E-state index contributed by atoms with van der Waals surface area (Å²) in [6, 6.07) is 0.471. The normalized spacial score (nSPS) is 17.0. The average molecular weight is 479 g/mol. The van der Waals surface area contributed by atoms with Crippen molar-refractivity contribution < 1.29 is 4.79 Å². The second-order valence-electron chi connectivity index (χ2n) is 7.27. The molecule has 0 spiro atoms. The zero-order valence-electron chi connectivity index (χ0n) is 17.0. The minimum absolute atomic E-state index is 0. The fraction of sp³-hybridized carbons (Fsp3) is 0.789. The van der Waals surface area contributed by atoms with Gasteiger partial charge in [-0.1, -0.05) is 32.8 Å². The van der Waals surface area contributed by atoms with Crippen molar-refractivity contribution in [3.05, 3.63) is 12.7 Å². The molecule has 26 heavy (non-hydrogen) atoms. The van der Waals surface area contributed by atoms with Gasteiger partial charge in [0.2, 0.25) is 5.91 Å². The average Bonchev–Trinajstić information content (AvgIpc) is 2.85. The number of carbonyl (C=O) groups excluding carboxylic acids is 1. The summed E-state index contributed by atoms with van der Waals surface area (Å²) in [6.45, 7) is 12.2. The van der Waals surface area contributed by atoms with Crippen LogP contribution in [0.25, 0.3) is 0 Å². The molecule has 1 aliphatic rings. The van der Waals surface area contributed by atoms with E-state index < -0.39 is 0 Å². The standard InChI is InChI=1S/C19H37N5O.HI/c1-6-11-20-19(22-15-18(25)23(4)5)21-14-17(16(2)3)24-12-9-7-8-10-13-24;/h6,16-17H,1,7-15H2,2-5H3,(H2,20,21,22);1H. The first-order valence-electron chi connectivity index (χ1n) is 9.53. The highest BCUT2D eigenvalue weighted by Gasteiger charge is 2.22. The number of likely N-dealkylation sites (N-methyl/N-ethyl adjacent to an activating group) is 1. The quantitative estimate of drug-likeness (QED) is 0.243. The Labute approximate surface area is 176 Å². The number of hydrogen-bond acceptors (Lipinski definition) is 3. The van der Waals surface area contributed by atoms with Gasteiger partial charge in [-0.25, -0.2) is 4.99 Å². The number of halogens is 1. The summed E-state index contributed by atoms with van der Waals surface area (Å²) in [4.78, 5) is 20.4. The molecule has 1 atom stereocenters. The van der Waals surface area contributed by atoms with Crippen molar-refractivity contribution >= 4 is 35.8 Å². The van der Waals surface area contributed by atoms with Crippen LogP contribution in [0.5, 0.6) is 0 Å². The second-order valence-corrected chi connectivity index (χ2v) is 7.27. The molecule has 0 aliphatic carbocycles. The highest BCUT2D eigenvalue weighted by molar-refractivity contribution is 14.0. The van der Waals surface area contributed by atoms with E-state index in [1.54, 1.807) is 25.1 Å². The molecular weight excluding hydrogens is 441 g/mol. The van der Waals surface area contributed by atoms with Gasteiger partial charge in [0.25, 0.3) is 0 Å². The minimum Gasteiger partial charge on any atom is -0.355 e. The van der Waals surface area contributed by atoms with Crippen molar-refractivity contribution in [2.75, 3.05) is 46.8 Å². The molecule has 0 aromatic rings. The topological polar surface area (TPSA) is 60.0 Å². The first kappa shape index (κ1) is 25.2. The zero-order chi connectivity index (χ0) is 18.7. The molecule has 1 fully saturated rings. The van der Waals surface area contributed by atoms with Crippen LogP contribution in [0.2, 0.25) is 0 Å². The number of guanidine groups is 1. The Kier molecular flexibility index (Phi) is 13.8. The number of nitrogens with zero attached hydrogens (tertiary/aromatic N) is 3. The number of carbonyl (C=O) groups is 1. The van der Waals surface area contributed by atoms with Crippen LogP contribution in [0.1, 0.15) is 39.5 Å². The van der Waals surface area contributed by atoms with E-state index >= 15 is 0 Å². The molecule has 1 aliphatic heterocycles. The Hall–Kier alpha value is -0.830. The van der Waals surface area contributed by atoms with Gasteiger partial charge in [0.1, 0.15) is 6.54 Å². The van der Waals surface area contributed by atoms with Crippen molar-refractivity contribution in [3.63, 3.8) is 0 Å². The van der Waals surface area contributed by atoms with Crippen LogP contribution in [0.15, 0.2) is 17.6 Å². The van der Waals surface area contributed by atoms with E-state index in [4.69, 9.17) is 0 Å². The van der Waals surface area contributed by atoms with Crippen LogP contribution in [0.3, 0.4) is 0 Å². The van der Waals surface area contributed by atoms with Gasteiger partial charge in [0, 0.05) is 33.2 Å². The summed E-state index contributed by atoms with van der Waals surface area (Å²) < 4.78 is 0. The van der Waals surface area contributed by atoms with Crippen molar-refractivity contribution in [1.82, 2.24) is 20.4 Å². The molecule has 2 N–H and O–H groups in total. The molecular formula is C19H38IN5O. The summed E-state index contributed by atoms with van der Waals surface area (Å²) in [5, 5.41) is 6.63. The molecule has 1 saturated heterocycles. The molecule has 6 nitrogen and oxygen atoms in total. The van der Waals surface area contributed by atoms with Gasteiger partial charge in [0.15, 0.2) is 5.96 Å². The molecule has 0 aromatic carbocycles. The van der Waals surface area contributed by atoms with Crippen molar-refractivity contribution in [1.29, 1.82) is 0 Å². The third-order valence-electron chi connectivity index (χ3n) is 4.64. The predicted octanol–water partition coefficient (Wildman–Crippen LogP) is 2.31. The maximum atomic E-state index is 11.8. The summed E-state index contributed by atoms with van der Waals surface area (Å²) in [6.07, 6.45) is 7.05. The first-order valence-corrected chi connectivity index (χ1v) is 9.53. The van der Waals surface area contributed by atoms with Gasteiger partial charge < -0.3 is 15.5 Å². The lowest BCUT2D eigenvalue weighted by Crippen LogP contribution is -2.50. The lowest BCUT2D eigenvalue weighted by atomic mass is 10.0. The molecule has 1 heterocycles. The molecule has 0 bridgehead atoms. The van der Waals surface area contributed by atoms with E-state index in [2.05, 4.69) is 41.0 Å². The van der Waals surface area contributed by atoms with E-state index in [0.717, 1.165) is 6.54 Å². The third-order valence-corrected chi connectivity index (χ3v) is 4.64. The molecule has 0 aromatic heterocycles. The SMILES string of the molecule is C=CCNC(=NCC(=O)N(C)C)NCC(C(C)C)N1CCCCCC1.I. The lowest BCUT2D eigenvalue weighted by molar-refractivity contribution is -0.127. The van der Waals surface area contributed by atoms with Gasteiger partial charge in [-0.3, -0.25) is 9.69 Å². The number of aliphatic imine (C=N–C) groups is 1. The summed E-state index contributed by atoms with van der Waals surface area (Å²) >= 11 is 0. The highest BCUT2D eigenvalue weighted by Crippen LogP contribution is 2.17. The van der Waals surface area contributed by atoms with E-state index in [-0.39, 0.29) is 36.4 Å². The van der Waals surface area contributed by atoms with Crippen molar-refractivity contribution in [2.45, 2.75) is 45.6 Å². The Morgan fingerprint density at radius 3 is 2.31 bits per heavy atom. The van der Waals surface area contributed by atoms with Gasteiger partial charge in [0.05, 0.1) is 0 Å². The molecule has 152 valence electrons. The monoisotopic (exact) mass is 479 g/mol. The first-order chi connectivity index (χ1) is 12.0. The summed E-state index contributed by atoms with van der Waals surface area (Å²) in [5.41, 5.74) is 0. The molecule has 0 saturated carbocycles. The van der Waals surface area contributed by atoms with Gasteiger partial charge in [-0.2, -0.15) is 0 Å². The third kappa shape index (κ3) is 9.75.